The number of nitrogens with zero attached hydrogens (tertiary/aromatic N) is 1. The van der Waals surface area contributed by atoms with Gasteiger partial charge in [0.15, 0.2) is 5.84 Å². The zero-order chi connectivity index (χ0) is 14.4. The van der Waals surface area contributed by atoms with Crippen molar-refractivity contribution in [3.05, 3.63) is 35.1 Å². The monoisotopic (exact) mass is 281 g/mol. The lowest BCUT2D eigenvalue weighted by molar-refractivity contribution is 0.0662. The van der Waals surface area contributed by atoms with Crippen LogP contribution in [0, 0.1) is 11.7 Å². The number of hydrogen-bond donors (Lipinski definition) is 3. The maximum absolute atomic E-state index is 13.9. The highest BCUT2D eigenvalue weighted by atomic mass is 19.1. The molecule has 1 saturated heterocycles. The molecule has 1 aliphatic heterocycles. The van der Waals surface area contributed by atoms with Crippen LogP contribution in [-0.4, -0.2) is 30.8 Å². The zero-order valence-corrected chi connectivity index (χ0v) is 11.3. The first-order valence-electron chi connectivity index (χ1n) is 6.75. The molecule has 1 fully saturated rings. The van der Waals surface area contributed by atoms with Crippen molar-refractivity contribution in [1.82, 2.24) is 5.32 Å². The van der Waals surface area contributed by atoms with Crippen molar-refractivity contribution in [2.24, 2.45) is 16.8 Å². The molecule has 0 aliphatic carbocycles. The lowest BCUT2D eigenvalue weighted by atomic mass is 10.0. The number of hydrogen-bond acceptors (Lipinski definition) is 4. The molecule has 0 bridgehead atoms. The van der Waals surface area contributed by atoms with E-state index in [1.165, 1.54) is 6.07 Å². The van der Waals surface area contributed by atoms with Crippen LogP contribution in [0.5, 0.6) is 0 Å². The highest BCUT2D eigenvalue weighted by Crippen LogP contribution is 2.14. The van der Waals surface area contributed by atoms with Gasteiger partial charge in [-0.1, -0.05) is 17.3 Å². The summed E-state index contributed by atoms with van der Waals surface area (Å²) < 4.78 is 19.2. The van der Waals surface area contributed by atoms with Crippen molar-refractivity contribution in [1.29, 1.82) is 0 Å². The van der Waals surface area contributed by atoms with Crippen molar-refractivity contribution in [3.8, 4) is 0 Å². The van der Waals surface area contributed by atoms with E-state index < -0.39 is 0 Å². The Balaban J connectivity index is 1.86. The van der Waals surface area contributed by atoms with Gasteiger partial charge >= 0.3 is 0 Å². The Labute approximate surface area is 117 Å². The van der Waals surface area contributed by atoms with E-state index >= 15 is 0 Å². The molecular weight excluding hydrogens is 261 g/mol. The minimum absolute atomic E-state index is 0.0920. The lowest BCUT2D eigenvalue weighted by Gasteiger charge is -2.22. The molecule has 5 nitrogen and oxygen atoms in total. The van der Waals surface area contributed by atoms with E-state index in [1.807, 2.05) is 0 Å². The molecule has 6 heteroatoms. The second kappa shape index (κ2) is 7.21. The SMILES string of the molecule is NC(=NO)c1ccc(CNCC2CCOCC2)c(F)c1. The van der Waals surface area contributed by atoms with Crippen molar-refractivity contribution in [2.45, 2.75) is 19.4 Å². The first-order chi connectivity index (χ1) is 9.70. The summed E-state index contributed by atoms with van der Waals surface area (Å²) >= 11 is 0. The minimum atomic E-state index is -0.353. The molecule has 2 rings (SSSR count). The fourth-order valence-electron chi connectivity index (χ4n) is 2.27. The molecule has 1 aromatic rings. The molecular formula is C14H20FN3O2. The second-order valence-corrected chi connectivity index (χ2v) is 4.98. The van der Waals surface area contributed by atoms with Crippen LogP contribution in [0.15, 0.2) is 23.4 Å². The van der Waals surface area contributed by atoms with Crippen molar-refractivity contribution in [2.75, 3.05) is 19.8 Å². The van der Waals surface area contributed by atoms with Crippen molar-refractivity contribution < 1.29 is 14.3 Å². The van der Waals surface area contributed by atoms with Crippen LogP contribution in [0.3, 0.4) is 0 Å². The van der Waals surface area contributed by atoms with Crippen LogP contribution in [0.2, 0.25) is 0 Å². The third-order valence-electron chi connectivity index (χ3n) is 3.55. The number of ether oxygens (including phenoxy) is 1. The molecule has 0 atom stereocenters. The molecule has 0 aromatic heterocycles. The number of rotatable bonds is 5. The van der Waals surface area contributed by atoms with Crippen LogP contribution in [0.1, 0.15) is 24.0 Å². The molecule has 0 amide bonds. The average molecular weight is 281 g/mol. The van der Waals surface area contributed by atoms with Gasteiger partial charge in [0.2, 0.25) is 0 Å². The number of nitrogens with two attached hydrogens (primary N) is 1. The Kier molecular flexibility index (Phi) is 5.31. The molecule has 1 aliphatic rings. The predicted octanol–water partition coefficient (Wildman–Crippen LogP) is 1.44. The average Bonchev–Trinajstić information content (AvgIpc) is 2.49. The van der Waals surface area contributed by atoms with E-state index in [2.05, 4.69) is 10.5 Å². The maximum Gasteiger partial charge on any atom is 0.170 e. The first-order valence-corrected chi connectivity index (χ1v) is 6.75. The van der Waals surface area contributed by atoms with Gasteiger partial charge in [-0.3, -0.25) is 0 Å². The highest BCUT2D eigenvalue weighted by molar-refractivity contribution is 5.97. The smallest absolute Gasteiger partial charge is 0.170 e. The van der Waals surface area contributed by atoms with Gasteiger partial charge in [0.05, 0.1) is 0 Å². The summed E-state index contributed by atoms with van der Waals surface area (Å²) in [5.41, 5.74) is 6.37. The fraction of sp³-hybridized carbons (Fsp3) is 0.500. The van der Waals surface area contributed by atoms with Crippen LogP contribution < -0.4 is 11.1 Å². The van der Waals surface area contributed by atoms with E-state index in [0.29, 0.717) is 23.6 Å². The highest BCUT2D eigenvalue weighted by Gasteiger charge is 2.13. The topological polar surface area (TPSA) is 79.9 Å². The number of oxime groups is 1. The van der Waals surface area contributed by atoms with Crippen LogP contribution in [0.4, 0.5) is 4.39 Å². The Morgan fingerprint density at radius 3 is 2.85 bits per heavy atom. The molecule has 0 spiro atoms. The third kappa shape index (κ3) is 3.91. The quantitative estimate of drug-likeness (QED) is 0.330. The standard InChI is InChI=1S/C14H20FN3O2/c15-13-7-11(14(16)18-19)1-2-12(13)9-17-8-10-3-5-20-6-4-10/h1-2,7,10,17,19H,3-6,8-9H2,(H2,16,18). The van der Waals surface area contributed by atoms with Crippen LogP contribution >= 0.6 is 0 Å². The van der Waals surface area contributed by atoms with Gasteiger partial charge < -0.3 is 21.0 Å². The molecule has 0 saturated carbocycles. The molecule has 1 heterocycles. The number of nitrogens with one attached hydrogen (secondary N) is 1. The predicted molar refractivity (Wildman–Crippen MR) is 74.2 cm³/mol. The number of amidine groups is 1. The Morgan fingerprint density at radius 1 is 1.45 bits per heavy atom. The largest absolute Gasteiger partial charge is 0.409 e. The number of halogens is 1. The molecule has 20 heavy (non-hydrogen) atoms. The number of benzene rings is 1. The molecule has 0 radical (unpaired) electrons. The summed E-state index contributed by atoms with van der Waals surface area (Å²) in [6.07, 6.45) is 2.11. The summed E-state index contributed by atoms with van der Waals surface area (Å²) in [7, 11) is 0. The van der Waals surface area contributed by atoms with Gasteiger partial charge in [0.1, 0.15) is 5.82 Å². The normalized spacial score (nSPS) is 17.4. The van der Waals surface area contributed by atoms with Gasteiger partial charge in [-0.25, -0.2) is 4.39 Å². The van der Waals surface area contributed by atoms with Crippen molar-refractivity contribution >= 4 is 5.84 Å². The van der Waals surface area contributed by atoms with Crippen LogP contribution in [-0.2, 0) is 11.3 Å². The summed E-state index contributed by atoms with van der Waals surface area (Å²) in [5.74, 6) is 0.155. The van der Waals surface area contributed by atoms with Gasteiger partial charge in [0.25, 0.3) is 0 Å². The van der Waals surface area contributed by atoms with Gasteiger partial charge in [-0.15, -0.1) is 0 Å². The lowest BCUT2D eigenvalue weighted by Crippen LogP contribution is -2.27. The van der Waals surface area contributed by atoms with E-state index in [-0.39, 0.29) is 11.7 Å². The first kappa shape index (κ1) is 14.7. The summed E-state index contributed by atoms with van der Waals surface area (Å²) in [6.45, 7) is 2.97. The third-order valence-corrected chi connectivity index (χ3v) is 3.55. The molecule has 4 N–H and O–H groups in total. The Morgan fingerprint density at radius 2 is 2.20 bits per heavy atom. The van der Waals surface area contributed by atoms with Gasteiger partial charge in [-0.05, 0) is 31.4 Å². The molecule has 0 unspecified atom stereocenters. The van der Waals surface area contributed by atoms with Gasteiger partial charge in [0, 0.05) is 30.9 Å². The Bertz CT molecular complexity index is 473. The summed E-state index contributed by atoms with van der Waals surface area (Å²) in [6, 6.07) is 4.57. The van der Waals surface area contributed by atoms with Crippen LogP contribution in [0.25, 0.3) is 0 Å². The maximum atomic E-state index is 13.9. The molecule has 110 valence electrons. The van der Waals surface area contributed by atoms with Crippen molar-refractivity contribution in [3.63, 3.8) is 0 Å². The van der Waals surface area contributed by atoms with Gasteiger partial charge in [-0.2, -0.15) is 0 Å². The van der Waals surface area contributed by atoms with E-state index in [0.717, 1.165) is 32.6 Å². The summed E-state index contributed by atoms with van der Waals surface area (Å²) in [4.78, 5) is 0. The van der Waals surface area contributed by atoms with E-state index in [1.54, 1.807) is 12.1 Å². The zero-order valence-electron chi connectivity index (χ0n) is 11.3. The minimum Gasteiger partial charge on any atom is -0.409 e. The van der Waals surface area contributed by atoms with E-state index in [9.17, 15) is 4.39 Å². The van der Waals surface area contributed by atoms with E-state index in [4.69, 9.17) is 15.7 Å². The molecule has 1 aromatic carbocycles. The summed E-state index contributed by atoms with van der Waals surface area (Å²) in [5, 5.41) is 14.7. The fourth-order valence-corrected chi connectivity index (χ4v) is 2.27. The Hall–Kier alpha value is -1.66. The second-order valence-electron chi connectivity index (χ2n) is 4.98.